The summed E-state index contributed by atoms with van der Waals surface area (Å²) in [6, 6.07) is 1.52. The molecule has 0 saturated heterocycles. The summed E-state index contributed by atoms with van der Waals surface area (Å²) in [7, 11) is 0. The average molecular weight is 300 g/mol. The molecular weight excluding hydrogens is 282 g/mol. The van der Waals surface area contributed by atoms with Crippen molar-refractivity contribution in [3.8, 4) is 0 Å². The van der Waals surface area contributed by atoms with E-state index in [0.717, 1.165) is 0 Å². The van der Waals surface area contributed by atoms with Crippen molar-refractivity contribution in [3.63, 3.8) is 0 Å². The molecule has 1 aromatic heterocycles. The number of carbonyl (C=O) groups excluding carboxylic acids is 2. The van der Waals surface area contributed by atoms with Gasteiger partial charge in [0.05, 0.1) is 18.1 Å². The molecule has 0 amide bonds. The van der Waals surface area contributed by atoms with Crippen molar-refractivity contribution in [2.75, 3.05) is 6.61 Å². The third-order valence-electron chi connectivity index (χ3n) is 2.14. The lowest BCUT2D eigenvalue weighted by molar-refractivity contribution is -0.153. The first kappa shape index (κ1) is 16.4. The van der Waals surface area contributed by atoms with Crippen LogP contribution in [0.15, 0.2) is 12.3 Å². The van der Waals surface area contributed by atoms with E-state index in [4.69, 9.17) is 21.1 Å². The molecule has 5 nitrogen and oxygen atoms in total. The van der Waals surface area contributed by atoms with Crippen LogP contribution in [0, 0.1) is 0 Å². The summed E-state index contributed by atoms with van der Waals surface area (Å²) in [5, 5.41) is 0.157. The topological polar surface area (TPSA) is 65.5 Å². The fourth-order valence-corrected chi connectivity index (χ4v) is 1.73. The second kappa shape index (κ2) is 6.70. The van der Waals surface area contributed by atoms with Crippen LogP contribution < -0.4 is 0 Å². The largest absolute Gasteiger partial charge is 0.461 e. The highest BCUT2D eigenvalue weighted by Gasteiger charge is 2.18. The maximum absolute atomic E-state index is 11.7. The lowest BCUT2D eigenvalue weighted by atomic mass is 10.1. The number of hydrogen-bond donors (Lipinski definition) is 0. The van der Waals surface area contributed by atoms with Crippen molar-refractivity contribution >= 4 is 23.5 Å². The molecule has 0 bridgehead atoms. The van der Waals surface area contributed by atoms with Gasteiger partial charge in [0.25, 0.3) is 0 Å². The SMILES string of the molecule is CCOC(=O)c1ncc(CC(=O)OC(C)(C)C)cc1Cl. The van der Waals surface area contributed by atoms with Gasteiger partial charge >= 0.3 is 11.9 Å². The highest BCUT2D eigenvalue weighted by atomic mass is 35.5. The Morgan fingerprint density at radius 3 is 2.50 bits per heavy atom. The predicted molar refractivity (Wildman–Crippen MR) is 74.8 cm³/mol. The fraction of sp³-hybridized carbons (Fsp3) is 0.500. The molecule has 0 N–H and O–H groups in total. The highest BCUT2D eigenvalue weighted by molar-refractivity contribution is 6.33. The number of ether oxygens (including phenoxy) is 2. The van der Waals surface area contributed by atoms with E-state index in [1.54, 1.807) is 27.7 Å². The molecule has 0 fully saturated rings. The third-order valence-corrected chi connectivity index (χ3v) is 2.42. The molecule has 0 radical (unpaired) electrons. The van der Waals surface area contributed by atoms with E-state index in [1.165, 1.54) is 12.3 Å². The molecule has 0 atom stereocenters. The number of hydrogen-bond acceptors (Lipinski definition) is 5. The van der Waals surface area contributed by atoms with Gasteiger partial charge in [-0.15, -0.1) is 0 Å². The van der Waals surface area contributed by atoms with Gasteiger partial charge in [-0.25, -0.2) is 9.78 Å². The zero-order valence-corrected chi connectivity index (χ0v) is 12.8. The Kier molecular flexibility index (Phi) is 5.51. The molecule has 0 aliphatic rings. The van der Waals surface area contributed by atoms with Crippen molar-refractivity contribution in [1.29, 1.82) is 0 Å². The zero-order valence-electron chi connectivity index (χ0n) is 12.0. The van der Waals surface area contributed by atoms with Crippen LogP contribution in [-0.2, 0) is 20.7 Å². The summed E-state index contributed by atoms with van der Waals surface area (Å²) in [6.07, 6.45) is 1.47. The van der Waals surface area contributed by atoms with Crippen LogP contribution in [0.2, 0.25) is 5.02 Å². The molecule has 1 aromatic rings. The van der Waals surface area contributed by atoms with Crippen molar-refractivity contribution in [3.05, 3.63) is 28.5 Å². The quantitative estimate of drug-likeness (QED) is 0.800. The van der Waals surface area contributed by atoms with Gasteiger partial charge in [-0.3, -0.25) is 4.79 Å². The second-order valence-electron chi connectivity index (χ2n) is 5.16. The second-order valence-corrected chi connectivity index (χ2v) is 5.56. The standard InChI is InChI=1S/C14H18ClNO4/c1-5-19-13(18)12-10(15)6-9(8-16-12)7-11(17)20-14(2,3)4/h6,8H,5,7H2,1-4H3. The molecular formula is C14H18ClNO4. The van der Waals surface area contributed by atoms with Crippen LogP contribution in [0.3, 0.4) is 0 Å². The molecule has 1 heterocycles. The molecule has 0 spiro atoms. The van der Waals surface area contributed by atoms with Gasteiger partial charge in [-0.1, -0.05) is 11.6 Å². The van der Waals surface area contributed by atoms with Gasteiger partial charge in [0.1, 0.15) is 5.60 Å². The van der Waals surface area contributed by atoms with Gasteiger partial charge in [-0.05, 0) is 39.3 Å². The number of halogens is 1. The van der Waals surface area contributed by atoms with Crippen LogP contribution in [0.1, 0.15) is 43.7 Å². The molecule has 0 unspecified atom stereocenters. The molecule has 0 aliphatic carbocycles. The summed E-state index contributed by atoms with van der Waals surface area (Å²) < 4.78 is 10.0. The minimum absolute atomic E-state index is 0.0430. The maximum atomic E-state index is 11.7. The van der Waals surface area contributed by atoms with Crippen molar-refractivity contribution < 1.29 is 19.1 Å². The van der Waals surface area contributed by atoms with Crippen LogP contribution in [-0.4, -0.2) is 29.1 Å². The number of aromatic nitrogens is 1. The number of nitrogens with zero attached hydrogens (tertiary/aromatic N) is 1. The normalized spacial score (nSPS) is 11.1. The van der Waals surface area contributed by atoms with Gasteiger partial charge in [0.15, 0.2) is 5.69 Å². The van der Waals surface area contributed by atoms with Crippen LogP contribution in [0.5, 0.6) is 0 Å². The number of carbonyl (C=O) groups is 2. The van der Waals surface area contributed by atoms with E-state index in [9.17, 15) is 9.59 Å². The third kappa shape index (κ3) is 5.17. The van der Waals surface area contributed by atoms with Gasteiger partial charge in [0.2, 0.25) is 0 Å². The van der Waals surface area contributed by atoms with Gasteiger partial charge in [-0.2, -0.15) is 0 Å². The van der Waals surface area contributed by atoms with Crippen molar-refractivity contribution in [2.24, 2.45) is 0 Å². The minimum Gasteiger partial charge on any atom is -0.461 e. The van der Waals surface area contributed by atoms with E-state index in [1.807, 2.05) is 0 Å². The molecule has 110 valence electrons. The lowest BCUT2D eigenvalue weighted by Crippen LogP contribution is -2.25. The fourth-order valence-electron chi connectivity index (χ4n) is 1.47. The van der Waals surface area contributed by atoms with Crippen molar-refractivity contribution in [2.45, 2.75) is 39.7 Å². The van der Waals surface area contributed by atoms with Crippen molar-refractivity contribution in [1.82, 2.24) is 4.98 Å². The Morgan fingerprint density at radius 1 is 1.35 bits per heavy atom. The summed E-state index contributed by atoms with van der Waals surface area (Å²) >= 11 is 5.96. The lowest BCUT2D eigenvalue weighted by Gasteiger charge is -2.19. The Hall–Kier alpha value is -1.62. The first-order valence-electron chi connectivity index (χ1n) is 6.26. The minimum atomic E-state index is -0.582. The Bertz CT molecular complexity index is 508. The van der Waals surface area contributed by atoms with Crippen LogP contribution in [0.4, 0.5) is 0 Å². The molecule has 1 rings (SSSR count). The molecule has 20 heavy (non-hydrogen) atoms. The van der Waals surface area contributed by atoms with E-state index in [2.05, 4.69) is 4.98 Å². The summed E-state index contributed by atoms with van der Waals surface area (Å²) in [6.45, 7) is 7.32. The molecule has 0 saturated carbocycles. The Balaban J connectivity index is 2.78. The number of pyridine rings is 1. The Morgan fingerprint density at radius 2 is 2.00 bits per heavy atom. The first-order chi connectivity index (χ1) is 9.23. The average Bonchev–Trinajstić information content (AvgIpc) is 2.26. The van der Waals surface area contributed by atoms with Crippen LogP contribution >= 0.6 is 11.6 Å². The summed E-state index contributed by atoms with van der Waals surface area (Å²) in [5.41, 5.74) is 0.0814. The molecule has 0 aliphatic heterocycles. The van der Waals surface area contributed by atoms with Gasteiger partial charge < -0.3 is 9.47 Å². The highest BCUT2D eigenvalue weighted by Crippen LogP contribution is 2.17. The van der Waals surface area contributed by atoms with Gasteiger partial charge in [0, 0.05) is 6.20 Å². The first-order valence-corrected chi connectivity index (χ1v) is 6.64. The Labute approximate surface area is 123 Å². The maximum Gasteiger partial charge on any atom is 0.358 e. The monoisotopic (exact) mass is 299 g/mol. The van der Waals surface area contributed by atoms with E-state index < -0.39 is 11.6 Å². The van der Waals surface area contributed by atoms with Crippen LogP contribution in [0.25, 0.3) is 0 Å². The van der Waals surface area contributed by atoms with E-state index in [-0.39, 0.29) is 29.7 Å². The number of esters is 2. The van der Waals surface area contributed by atoms with E-state index >= 15 is 0 Å². The molecule has 6 heteroatoms. The van der Waals surface area contributed by atoms with E-state index in [0.29, 0.717) is 5.56 Å². The predicted octanol–water partition coefficient (Wildman–Crippen LogP) is 2.80. The smallest absolute Gasteiger partial charge is 0.358 e. The number of rotatable bonds is 4. The summed E-state index contributed by atoms with van der Waals surface area (Å²) in [5.74, 6) is -0.958. The molecule has 0 aromatic carbocycles. The zero-order chi connectivity index (χ0) is 15.3. The summed E-state index contributed by atoms with van der Waals surface area (Å²) in [4.78, 5) is 27.1.